The average molecular weight is 264 g/mol. The lowest BCUT2D eigenvalue weighted by atomic mass is 10.2. The van der Waals surface area contributed by atoms with Gasteiger partial charge in [-0.3, -0.25) is 0 Å². The fourth-order valence-electron chi connectivity index (χ4n) is 2.30. The molecule has 1 aromatic heterocycles. The van der Waals surface area contributed by atoms with E-state index in [-0.39, 0.29) is 12.7 Å². The van der Waals surface area contributed by atoms with Crippen LogP contribution >= 0.6 is 0 Å². The highest BCUT2D eigenvalue weighted by Crippen LogP contribution is 2.39. The van der Waals surface area contributed by atoms with Crippen molar-refractivity contribution in [3.8, 4) is 0 Å². The zero-order chi connectivity index (χ0) is 13.2. The van der Waals surface area contributed by atoms with E-state index in [1.54, 1.807) is 0 Å². The summed E-state index contributed by atoms with van der Waals surface area (Å²) < 4.78 is 5.47. The van der Waals surface area contributed by atoms with Gasteiger partial charge in [0.05, 0.1) is 19.3 Å². The first-order valence-corrected chi connectivity index (χ1v) is 6.84. The molecule has 0 aromatic carbocycles. The van der Waals surface area contributed by atoms with Crippen LogP contribution in [-0.4, -0.2) is 54.5 Å². The Hall–Kier alpha value is -1.40. The van der Waals surface area contributed by atoms with E-state index >= 15 is 0 Å². The van der Waals surface area contributed by atoms with Crippen molar-refractivity contribution in [3.05, 3.63) is 11.9 Å². The molecular weight excluding hydrogens is 244 g/mol. The van der Waals surface area contributed by atoms with Gasteiger partial charge in [0.15, 0.2) is 0 Å². The van der Waals surface area contributed by atoms with E-state index in [0.29, 0.717) is 19.1 Å². The first kappa shape index (κ1) is 12.6. The molecule has 6 nitrogen and oxygen atoms in total. The second kappa shape index (κ2) is 5.30. The Morgan fingerprint density at radius 3 is 3.00 bits per heavy atom. The van der Waals surface area contributed by atoms with Crippen LogP contribution in [0.25, 0.3) is 0 Å². The van der Waals surface area contributed by atoms with Gasteiger partial charge in [0, 0.05) is 32.1 Å². The van der Waals surface area contributed by atoms with Gasteiger partial charge in [-0.05, 0) is 12.8 Å². The smallest absolute Gasteiger partial charge is 0.136 e. The standard InChI is InChI=1S/C13H20N4O2/c1-14-11-6-12(16-13(15-11)9-2-3-9)17-4-5-19-10(7-17)8-18/h6,9-10,18H,2-5,7-8H2,1H3,(H,14,15,16). The third-order valence-corrected chi connectivity index (χ3v) is 3.59. The van der Waals surface area contributed by atoms with Gasteiger partial charge in [0.25, 0.3) is 0 Å². The Morgan fingerprint density at radius 1 is 1.47 bits per heavy atom. The van der Waals surface area contributed by atoms with Crippen LogP contribution in [0.1, 0.15) is 24.6 Å². The van der Waals surface area contributed by atoms with Crippen molar-refractivity contribution in [2.24, 2.45) is 0 Å². The summed E-state index contributed by atoms with van der Waals surface area (Å²) in [6, 6.07) is 1.96. The van der Waals surface area contributed by atoms with Gasteiger partial charge in [-0.1, -0.05) is 0 Å². The molecule has 1 aliphatic carbocycles. The van der Waals surface area contributed by atoms with Gasteiger partial charge >= 0.3 is 0 Å². The number of aromatic nitrogens is 2. The van der Waals surface area contributed by atoms with Crippen LogP contribution in [0.4, 0.5) is 11.6 Å². The lowest BCUT2D eigenvalue weighted by Crippen LogP contribution is -2.44. The number of morpholine rings is 1. The molecule has 2 fully saturated rings. The van der Waals surface area contributed by atoms with Crippen molar-refractivity contribution in [1.82, 2.24) is 9.97 Å². The molecule has 3 rings (SSSR count). The van der Waals surface area contributed by atoms with Gasteiger partial charge in [0.2, 0.25) is 0 Å². The zero-order valence-electron chi connectivity index (χ0n) is 11.2. The molecule has 1 aliphatic heterocycles. The summed E-state index contributed by atoms with van der Waals surface area (Å²) in [5.74, 6) is 3.26. The Bertz CT molecular complexity index is 450. The van der Waals surface area contributed by atoms with E-state index in [1.165, 1.54) is 12.8 Å². The number of aliphatic hydroxyl groups is 1. The van der Waals surface area contributed by atoms with Crippen LogP contribution < -0.4 is 10.2 Å². The normalized spacial score (nSPS) is 23.5. The highest BCUT2D eigenvalue weighted by atomic mass is 16.5. The van der Waals surface area contributed by atoms with Gasteiger partial charge in [-0.15, -0.1) is 0 Å². The topological polar surface area (TPSA) is 70.5 Å². The quantitative estimate of drug-likeness (QED) is 0.829. The fourth-order valence-corrected chi connectivity index (χ4v) is 2.30. The van der Waals surface area contributed by atoms with Crippen molar-refractivity contribution in [2.45, 2.75) is 24.9 Å². The summed E-state index contributed by atoms with van der Waals surface area (Å²) in [7, 11) is 1.87. The van der Waals surface area contributed by atoms with E-state index in [9.17, 15) is 5.11 Å². The SMILES string of the molecule is CNc1cc(N2CCOC(CO)C2)nc(C2CC2)n1. The zero-order valence-corrected chi connectivity index (χ0v) is 11.2. The summed E-state index contributed by atoms with van der Waals surface area (Å²) in [5.41, 5.74) is 0. The van der Waals surface area contributed by atoms with Crippen LogP contribution in [0.3, 0.4) is 0 Å². The Labute approximate surface area is 112 Å². The van der Waals surface area contributed by atoms with Gasteiger partial charge in [0.1, 0.15) is 17.5 Å². The molecule has 1 atom stereocenters. The third kappa shape index (κ3) is 2.79. The number of nitrogens with zero attached hydrogens (tertiary/aromatic N) is 3. The number of hydrogen-bond acceptors (Lipinski definition) is 6. The molecule has 1 saturated heterocycles. The minimum atomic E-state index is -0.119. The fraction of sp³-hybridized carbons (Fsp3) is 0.692. The lowest BCUT2D eigenvalue weighted by molar-refractivity contribution is 0.00335. The number of nitrogens with one attached hydrogen (secondary N) is 1. The molecule has 1 aromatic rings. The number of rotatable bonds is 4. The van der Waals surface area contributed by atoms with Crippen molar-refractivity contribution >= 4 is 11.6 Å². The number of ether oxygens (including phenoxy) is 1. The van der Waals surface area contributed by atoms with Gasteiger partial charge < -0.3 is 20.1 Å². The van der Waals surface area contributed by atoms with Crippen LogP contribution in [0.15, 0.2) is 6.07 Å². The largest absolute Gasteiger partial charge is 0.394 e. The maximum Gasteiger partial charge on any atom is 0.136 e. The summed E-state index contributed by atoms with van der Waals surface area (Å²) in [6.45, 7) is 2.17. The molecule has 0 amide bonds. The van der Waals surface area contributed by atoms with Gasteiger partial charge in [-0.2, -0.15) is 0 Å². The molecular formula is C13H20N4O2. The Morgan fingerprint density at radius 2 is 2.32 bits per heavy atom. The maximum atomic E-state index is 9.21. The highest BCUT2D eigenvalue weighted by molar-refractivity contribution is 5.50. The van der Waals surface area contributed by atoms with E-state index in [2.05, 4.69) is 20.2 Å². The summed E-state index contributed by atoms with van der Waals surface area (Å²) in [6.07, 6.45) is 2.26. The predicted octanol–water partition coefficient (Wildman–Crippen LogP) is 0.593. The van der Waals surface area contributed by atoms with Crippen molar-refractivity contribution in [2.75, 3.05) is 43.6 Å². The first-order chi connectivity index (χ1) is 9.30. The summed E-state index contributed by atoms with van der Waals surface area (Å²) >= 11 is 0. The predicted molar refractivity (Wildman–Crippen MR) is 72.6 cm³/mol. The van der Waals surface area contributed by atoms with Crippen LogP contribution in [0, 0.1) is 0 Å². The molecule has 2 aliphatic rings. The van der Waals surface area contributed by atoms with Gasteiger partial charge in [-0.25, -0.2) is 9.97 Å². The van der Waals surface area contributed by atoms with E-state index in [1.807, 2.05) is 13.1 Å². The molecule has 2 heterocycles. The van der Waals surface area contributed by atoms with Crippen LogP contribution in [0.2, 0.25) is 0 Å². The summed E-state index contributed by atoms with van der Waals surface area (Å²) in [5, 5.41) is 12.3. The molecule has 2 N–H and O–H groups in total. The van der Waals surface area contributed by atoms with E-state index in [4.69, 9.17) is 4.74 Å². The molecule has 0 spiro atoms. The number of aliphatic hydroxyl groups excluding tert-OH is 1. The highest BCUT2D eigenvalue weighted by Gasteiger charge is 2.29. The average Bonchev–Trinajstić information content (AvgIpc) is 3.31. The minimum absolute atomic E-state index is 0.0515. The van der Waals surface area contributed by atoms with Crippen molar-refractivity contribution in [1.29, 1.82) is 0 Å². The molecule has 0 bridgehead atoms. The second-order valence-corrected chi connectivity index (χ2v) is 5.12. The second-order valence-electron chi connectivity index (χ2n) is 5.12. The molecule has 0 radical (unpaired) electrons. The molecule has 1 unspecified atom stereocenters. The lowest BCUT2D eigenvalue weighted by Gasteiger charge is -2.33. The monoisotopic (exact) mass is 264 g/mol. The molecule has 104 valence electrons. The molecule has 1 saturated carbocycles. The first-order valence-electron chi connectivity index (χ1n) is 6.84. The van der Waals surface area contributed by atoms with Crippen molar-refractivity contribution < 1.29 is 9.84 Å². The third-order valence-electron chi connectivity index (χ3n) is 3.59. The molecule has 6 heteroatoms. The Balaban J connectivity index is 1.84. The minimum Gasteiger partial charge on any atom is -0.394 e. The molecule has 19 heavy (non-hydrogen) atoms. The van der Waals surface area contributed by atoms with Crippen LogP contribution in [0.5, 0.6) is 0 Å². The number of hydrogen-bond donors (Lipinski definition) is 2. The van der Waals surface area contributed by atoms with Crippen molar-refractivity contribution in [3.63, 3.8) is 0 Å². The Kier molecular flexibility index (Phi) is 3.52. The van der Waals surface area contributed by atoms with E-state index in [0.717, 1.165) is 24.0 Å². The summed E-state index contributed by atoms with van der Waals surface area (Å²) in [4.78, 5) is 11.4. The maximum absolute atomic E-state index is 9.21. The number of anilines is 2. The van der Waals surface area contributed by atoms with E-state index < -0.39 is 0 Å². The van der Waals surface area contributed by atoms with Crippen LogP contribution in [-0.2, 0) is 4.74 Å².